The van der Waals surface area contributed by atoms with Crippen LogP contribution in [0.5, 0.6) is 0 Å². The van der Waals surface area contributed by atoms with E-state index in [-0.39, 0.29) is 0 Å². The Kier molecular flexibility index (Phi) is 2.49. The number of rotatable bonds is 1. The van der Waals surface area contributed by atoms with Gasteiger partial charge < -0.3 is 4.74 Å². The van der Waals surface area contributed by atoms with Crippen LogP contribution in [0.3, 0.4) is 0 Å². The number of ether oxygens (including phenoxy) is 1. The summed E-state index contributed by atoms with van der Waals surface area (Å²) in [5, 5.41) is 8.60. The molecule has 0 fully saturated rings. The monoisotopic (exact) mass is 212 g/mol. The smallest absolute Gasteiger partial charge is 0.186 e. The minimum absolute atomic E-state index is 0.599. The summed E-state index contributed by atoms with van der Waals surface area (Å²) >= 11 is 0. The van der Waals surface area contributed by atoms with Gasteiger partial charge in [0.1, 0.15) is 0 Å². The van der Waals surface area contributed by atoms with E-state index in [0.717, 1.165) is 11.3 Å². The number of fused-ring (bicyclic) bond motifs is 1. The lowest BCUT2D eigenvalue weighted by Gasteiger charge is -2.32. The quantitative estimate of drug-likeness (QED) is 0.671. The number of hydrogen-bond donors (Lipinski definition) is 0. The maximum atomic E-state index is 8.60. The summed E-state index contributed by atoms with van der Waals surface area (Å²) in [6, 6.07) is 9.78. The first kappa shape index (κ1) is 10.4. The van der Waals surface area contributed by atoms with Crippen LogP contribution >= 0.6 is 0 Å². The second-order valence-corrected chi connectivity index (χ2v) is 3.82. The minimum Gasteiger partial charge on any atom is -0.466 e. The van der Waals surface area contributed by atoms with E-state index in [1.807, 2.05) is 44.2 Å². The van der Waals surface area contributed by atoms with E-state index in [4.69, 9.17) is 10.00 Å². The Balaban J connectivity index is 2.56. The highest BCUT2D eigenvalue weighted by atomic mass is 16.5. The molecule has 16 heavy (non-hydrogen) atoms. The normalized spacial score (nSPS) is 23.2. The summed E-state index contributed by atoms with van der Waals surface area (Å²) in [5.74, 6) is 0.615. The van der Waals surface area contributed by atoms with Crippen molar-refractivity contribution >= 4 is 11.6 Å². The molecule has 1 atom stereocenters. The lowest BCUT2D eigenvalue weighted by Crippen LogP contribution is -2.28. The van der Waals surface area contributed by atoms with Crippen LogP contribution in [0.4, 0.5) is 5.69 Å². The van der Waals surface area contributed by atoms with Crippen molar-refractivity contribution in [1.29, 1.82) is 5.26 Å². The molecule has 0 amide bonds. The average Bonchev–Trinajstić information content (AvgIpc) is 2.26. The van der Waals surface area contributed by atoms with Gasteiger partial charge in [0.25, 0.3) is 0 Å². The van der Waals surface area contributed by atoms with Gasteiger partial charge in [0.05, 0.1) is 11.8 Å². The van der Waals surface area contributed by atoms with Crippen molar-refractivity contribution in [1.82, 2.24) is 0 Å². The van der Waals surface area contributed by atoms with Gasteiger partial charge in [-0.1, -0.05) is 18.2 Å². The molecule has 80 valence electrons. The molecule has 0 saturated carbocycles. The van der Waals surface area contributed by atoms with Gasteiger partial charge in [-0.3, -0.25) is 0 Å². The largest absolute Gasteiger partial charge is 0.466 e. The minimum atomic E-state index is -0.599. The number of nitriles is 1. The number of para-hydroxylation sites is 1. The third-order valence-electron chi connectivity index (χ3n) is 2.55. The number of aliphatic imine (C=N–C) groups is 1. The molecule has 2 rings (SSSR count). The van der Waals surface area contributed by atoms with Crippen molar-refractivity contribution in [3.63, 3.8) is 0 Å². The second-order valence-electron chi connectivity index (χ2n) is 3.82. The molecule has 0 spiro atoms. The molecule has 1 aromatic rings. The fraction of sp³-hybridized carbons (Fsp3) is 0.231. The fourth-order valence-corrected chi connectivity index (χ4v) is 1.87. The van der Waals surface area contributed by atoms with Gasteiger partial charge in [-0.2, -0.15) is 5.26 Å². The molecule has 0 aromatic heterocycles. The van der Waals surface area contributed by atoms with Crippen molar-refractivity contribution in [2.75, 3.05) is 0 Å². The average molecular weight is 212 g/mol. The van der Waals surface area contributed by atoms with E-state index in [0.29, 0.717) is 5.90 Å². The zero-order chi connectivity index (χ0) is 11.6. The molecule has 1 aliphatic rings. The molecule has 3 heteroatoms. The molecular weight excluding hydrogens is 200 g/mol. The Morgan fingerprint density at radius 1 is 1.44 bits per heavy atom. The van der Waals surface area contributed by atoms with Crippen LogP contribution in [0.1, 0.15) is 19.4 Å². The maximum absolute atomic E-state index is 8.60. The molecule has 0 saturated heterocycles. The van der Waals surface area contributed by atoms with Gasteiger partial charge in [-0.05, 0) is 19.1 Å². The van der Waals surface area contributed by atoms with Crippen LogP contribution in [0.15, 0.2) is 41.4 Å². The molecule has 1 aliphatic heterocycles. The second kappa shape index (κ2) is 3.82. The standard InChI is InChI=1S/C13H12N2O/c1-10-15-12-7-4-3-6-11(12)13(2,16-10)8-5-9-14/h3-8H,1-2H3/b8-5+. The van der Waals surface area contributed by atoms with Crippen LogP contribution in [0.2, 0.25) is 0 Å². The summed E-state index contributed by atoms with van der Waals surface area (Å²) in [6.07, 6.45) is 3.19. The Labute approximate surface area is 94.7 Å². The SMILES string of the molecule is CC1=Nc2ccccc2C(C)(/C=C/C#N)O1. The van der Waals surface area contributed by atoms with E-state index >= 15 is 0 Å². The fourth-order valence-electron chi connectivity index (χ4n) is 1.87. The maximum Gasteiger partial charge on any atom is 0.186 e. The van der Waals surface area contributed by atoms with Crippen LogP contribution in [0.25, 0.3) is 0 Å². The first-order valence-corrected chi connectivity index (χ1v) is 5.07. The molecule has 1 aromatic carbocycles. The first-order chi connectivity index (χ1) is 7.65. The van der Waals surface area contributed by atoms with Gasteiger partial charge >= 0.3 is 0 Å². The van der Waals surface area contributed by atoms with Crippen LogP contribution in [-0.2, 0) is 10.3 Å². The summed E-state index contributed by atoms with van der Waals surface area (Å²) < 4.78 is 5.71. The van der Waals surface area contributed by atoms with Crippen molar-refractivity contribution in [3.8, 4) is 6.07 Å². The van der Waals surface area contributed by atoms with Gasteiger partial charge in [0, 0.05) is 18.6 Å². The Morgan fingerprint density at radius 2 is 2.19 bits per heavy atom. The van der Waals surface area contributed by atoms with Gasteiger partial charge in [0.2, 0.25) is 0 Å². The van der Waals surface area contributed by atoms with E-state index in [9.17, 15) is 0 Å². The van der Waals surface area contributed by atoms with E-state index < -0.39 is 5.60 Å². The molecule has 0 radical (unpaired) electrons. The number of allylic oxidation sites excluding steroid dienone is 1. The summed E-state index contributed by atoms with van der Waals surface area (Å²) in [4.78, 5) is 4.33. The van der Waals surface area contributed by atoms with Crippen molar-refractivity contribution in [3.05, 3.63) is 42.0 Å². The van der Waals surface area contributed by atoms with Gasteiger partial charge in [-0.15, -0.1) is 0 Å². The first-order valence-electron chi connectivity index (χ1n) is 5.07. The Bertz CT molecular complexity index is 511. The number of benzene rings is 1. The topological polar surface area (TPSA) is 45.4 Å². The lowest BCUT2D eigenvalue weighted by atomic mass is 9.92. The number of nitrogens with zero attached hydrogens (tertiary/aromatic N) is 2. The van der Waals surface area contributed by atoms with Crippen LogP contribution in [-0.4, -0.2) is 5.90 Å². The summed E-state index contributed by atoms with van der Waals surface area (Å²) in [5.41, 5.74) is 1.28. The highest BCUT2D eigenvalue weighted by Crippen LogP contribution is 2.38. The zero-order valence-electron chi connectivity index (χ0n) is 9.27. The zero-order valence-corrected chi connectivity index (χ0v) is 9.27. The predicted molar refractivity (Wildman–Crippen MR) is 62.4 cm³/mol. The molecular formula is C13H12N2O. The molecule has 3 nitrogen and oxygen atoms in total. The summed E-state index contributed by atoms with van der Waals surface area (Å²) in [7, 11) is 0. The highest BCUT2D eigenvalue weighted by molar-refractivity contribution is 5.80. The van der Waals surface area contributed by atoms with Crippen LogP contribution < -0.4 is 0 Å². The van der Waals surface area contributed by atoms with E-state index in [1.54, 1.807) is 6.08 Å². The molecule has 1 heterocycles. The summed E-state index contributed by atoms with van der Waals surface area (Å²) in [6.45, 7) is 3.74. The molecule has 0 bridgehead atoms. The molecule has 1 unspecified atom stereocenters. The molecule has 0 N–H and O–H groups in total. The number of hydrogen-bond acceptors (Lipinski definition) is 3. The van der Waals surface area contributed by atoms with E-state index in [1.165, 1.54) is 6.08 Å². The van der Waals surface area contributed by atoms with Crippen molar-refractivity contribution in [2.45, 2.75) is 19.4 Å². The molecule has 0 aliphatic carbocycles. The van der Waals surface area contributed by atoms with E-state index in [2.05, 4.69) is 4.99 Å². The Morgan fingerprint density at radius 3 is 2.94 bits per heavy atom. The Hall–Kier alpha value is -2.08. The van der Waals surface area contributed by atoms with Crippen LogP contribution in [0, 0.1) is 11.3 Å². The highest BCUT2D eigenvalue weighted by Gasteiger charge is 2.31. The lowest BCUT2D eigenvalue weighted by molar-refractivity contribution is 0.121. The van der Waals surface area contributed by atoms with Crippen molar-refractivity contribution in [2.24, 2.45) is 4.99 Å². The van der Waals surface area contributed by atoms with Crippen molar-refractivity contribution < 1.29 is 4.74 Å². The van der Waals surface area contributed by atoms with Gasteiger partial charge in [-0.25, -0.2) is 4.99 Å². The van der Waals surface area contributed by atoms with Gasteiger partial charge in [0.15, 0.2) is 11.5 Å². The third-order valence-corrected chi connectivity index (χ3v) is 2.55. The third kappa shape index (κ3) is 1.70. The predicted octanol–water partition coefficient (Wildman–Crippen LogP) is 3.06.